The molecule has 0 aromatic heterocycles. The maximum Gasteiger partial charge on any atom is 0.501 e. The molecule has 5 nitrogen and oxygen atoms in total. The van der Waals surface area contributed by atoms with Crippen LogP contribution in [0.2, 0.25) is 6.04 Å². The summed E-state index contributed by atoms with van der Waals surface area (Å²) in [7, 11) is -2.62. The van der Waals surface area contributed by atoms with Crippen LogP contribution in [-0.4, -0.2) is 51.4 Å². The molecule has 0 aromatic carbocycles. The molecule has 0 spiro atoms. The Labute approximate surface area is 169 Å². The molecule has 0 amide bonds. The van der Waals surface area contributed by atoms with E-state index in [0.29, 0.717) is 26.4 Å². The van der Waals surface area contributed by atoms with Crippen LogP contribution in [0.4, 0.5) is 0 Å². The van der Waals surface area contributed by atoms with E-state index in [1.807, 2.05) is 0 Å². The van der Waals surface area contributed by atoms with Crippen molar-refractivity contribution in [3.8, 4) is 0 Å². The van der Waals surface area contributed by atoms with Gasteiger partial charge in [0.05, 0.1) is 6.61 Å². The molecule has 1 fully saturated rings. The van der Waals surface area contributed by atoms with E-state index in [2.05, 4.69) is 53.5 Å². The van der Waals surface area contributed by atoms with Crippen LogP contribution in [0, 0.1) is 0 Å². The second kappa shape index (κ2) is 11.9. The van der Waals surface area contributed by atoms with Crippen LogP contribution >= 0.6 is 0 Å². The van der Waals surface area contributed by atoms with Crippen molar-refractivity contribution in [2.75, 3.05) is 26.4 Å². The summed E-state index contributed by atoms with van der Waals surface area (Å²) < 4.78 is 18.5. The minimum Gasteiger partial charge on any atom is -0.373 e. The third-order valence-electron chi connectivity index (χ3n) is 5.10. The topological polar surface area (TPSA) is 40.2 Å². The number of piperidine rings is 1. The highest BCUT2D eigenvalue weighted by atomic mass is 28.4. The predicted octanol–water partition coefficient (Wildman–Crippen LogP) is 5.57. The lowest BCUT2D eigenvalue weighted by molar-refractivity contribution is -0.280. The lowest BCUT2D eigenvalue weighted by Crippen LogP contribution is -2.58. The summed E-state index contributed by atoms with van der Waals surface area (Å²) in [4.78, 5) is 6.31. The quantitative estimate of drug-likeness (QED) is 0.280. The molecule has 0 atom stereocenters. The molecule has 1 aliphatic heterocycles. The van der Waals surface area contributed by atoms with Crippen LogP contribution in [-0.2, 0) is 18.1 Å². The average Bonchev–Trinajstić information content (AvgIpc) is 2.60. The maximum absolute atomic E-state index is 6.31. The zero-order chi connectivity index (χ0) is 20.4. The van der Waals surface area contributed by atoms with Crippen LogP contribution < -0.4 is 0 Å². The third-order valence-corrected chi connectivity index (χ3v) is 8.00. The molecule has 162 valence electrons. The smallest absolute Gasteiger partial charge is 0.373 e. The second-order valence-electron chi connectivity index (χ2n) is 8.94. The summed E-state index contributed by atoms with van der Waals surface area (Å²) in [6.45, 7) is 18.3. The summed E-state index contributed by atoms with van der Waals surface area (Å²) in [6.07, 6.45) is 7.44. The normalized spacial score (nSPS) is 20.1. The van der Waals surface area contributed by atoms with E-state index < -0.39 is 8.80 Å². The van der Waals surface area contributed by atoms with Gasteiger partial charge in [-0.3, -0.25) is 4.84 Å². The van der Waals surface area contributed by atoms with Crippen molar-refractivity contribution in [1.29, 1.82) is 0 Å². The largest absolute Gasteiger partial charge is 0.501 e. The van der Waals surface area contributed by atoms with Crippen LogP contribution in [0.3, 0.4) is 0 Å². The van der Waals surface area contributed by atoms with Gasteiger partial charge in [0, 0.05) is 36.9 Å². The first-order chi connectivity index (χ1) is 12.7. The summed E-state index contributed by atoms with van der Waals surface area (Å²) in [5.74, 6) is 0. The Balaban J connectivity index is 2.64. The molecule has 27 heavy (non-hydrogen) atoms. The summed E-state index contributed by atoms with van der Waals surface area (Å²) in [5.41, 5.74) is 0.152. The van der Waals surface area contributed by atoms with Gasteiger partial charge < -0.3 is 13.3 Å². The lowest BCUT2D eigenvalue weighted by atomic mass is 9.82. The molecule has 6 heteroatoms. The minimum atomic E-state index is -2.62. The molecule has 0 radical (unpaired) electrons. The van der Waals surface area contributed by atoms with E-state index >= 15 is 0 Å². The number of hydroxylamine groups is 2. The fraction of sp³-hybridized carbons (Fsp3) is 1.00. The van der Waals surface area contributed by atoms with E-state index in [9.17, 15) is 0 Å². The summed E-state index contributed by atoms with van der Waals surface area (Å²) >= 11 is 0. The first kappa shape index (κ1) is 25.1. The maximum atomic E-state index is 6.31. The van der Waals surface area contributed by atoms with E-state index in [1.165, 1.54) is 19.3 Å². The minimum absolute atomic E-state index is 0.0758. The zero-order valence-corrected chi connectivity index (χ0v) is 20.1. The highest BCUT2D eigenvalue weighted by Crippen LogP contribution is 2.38. The van der Waals surface area contributed by atoms with Crippen molar-refractivity contribution in [3.05, 3.63) is 0 Å². The number of hydrogen-bond donors (Lipinski definition) is 0. The SMILES string of the molecule is CCCO[Si](CCCON1C(C)(C)CCCC1(C)C)(OCCC)OCCC. The molecule has 0 aromatic rings. The van der Waals surface area contributed by atoms with Gasteiger partial charge in [0.15, 0.2) is 0 Å². The van der Waals surface area contributed by atoms with Crippen LogP contribution in [0.25, 0.3) is 0 Å². The number of hydrogen-bond acceptors (Lipinski definition) is 5. The highest BCUT2D eigenvalue weighted by molar-refractivity contribution is 6.60. The average molecular weight is 404 g/mol. The predicted molar refractivity (Wildman–Crippen MR) is 114 cm³/mol. The standard InChI is InChI=1S/C21H45NO4Si/c1-8-15-24-27(25-16-9-2,26-17-10-3)19-12-18-23-22-20(4,5)13-11-14-21(22,6)7/h8-19H2,1-7H3. The molecule has 0 bridgehead atoms. The highest BCUT2D eigenvalue weighted by Gasteiger charge is 2.43. The van der Waals surface area contributed by atoms with Gasteiger partial charge in [-0.2, -0.15) is 5.06 Å². The Kier molecular flexibility index (Phi) is 11.0. The van der Waals surface area contributed by atoms with Crippen LogP contribution in [0.5, 0.6) is 0 Å². The van der Waals surface area contributed by atoms with Crippen molar-refractivity contribution < 1.29 is 18.1 Å². The molecule has 0 saturated carbocycles. The Bertz CT molecular complexity index is 366. The van der Waals surface area contributed by atoms with Gasteiger partial charge in [-0.1, -0.05) is 20.8 Å². The van der Waals surface area contributed by atoms with E-state index in [-0.39, 0.29) is 11.1 Å². The van der Waals surface area contributed by atoms with Crippen LogP contribution in [0.15, 0.2) is 0 Å². The monoisotopic (exact) mass is 403 g/mol. The van der Waals surface area contributed by atoms with Crippen molar-refractivity contribution >= 4 is 8.80 Å². The van der Waals surface area contributed by atoms with Crippen molar-refractivity contribution in [2.24, 2.45) is 0 Å². The number of rotatable bonds is 14. The van der Waals surface area contributed by atoms with Crippen molar-refractivity contribution in [3.63, 3.8) is 0 Å². The first-order valence-corrected chi connectivity index (χ1v) is 13.0. The molecule has 1 saturated heterocycles. The zero-order valence-electron chi connectivity index (χ0n) is 19.1. The number of nitrogens with zero attached hydrogens (tertiary/aromatic N) is 1. The van der Waals surface area contributed by atoms with Gasteiger partial charge in [-0.25, -0.2) is 0 Å². The van der Waals surface area contributed by atoms with Gasteiger partial charge in [0.25, 0.3) is 0 Å². The Morgan fingerprint density at radius 1 is 0.741 bits per heavy atom. The molecule has 1 aliphatic rings. The molecule has 1 heterocycles. The molecule has 0 unspecified atom stereocenters. The molecule has 1 rings (SSSR count). The molecule has 0 N–H and O–H groups in total. The van der Waals surface area contributed by atoms with Gasteiger partial charge >= 0.3 is 8.80 Å². The fourth-order valence-corrected chi connectivity index (χ4v) is 6.69. The Hall–Kier alpha value is 0.0169. The second-order valence-corrected chi connectivity index (χ2v) is 11.7. The molecule has 0 aliphatic carbocycles. The first-order valence-electron chi connectivity index (χ1n) is 11.1. The van der Waals surface area contributed by atoms with Gasteiger partial charge in [0.2, 0.25) is 0 Å². The van der Waals surface area contributed by atoms with Gasteiger partial charge in [-0.05, 0) is 72.6 Å². The Morgan fingerprint density at radius 2 is 1.19 bits per heavy atom. The van der Waals surface area contributed by atoms with Crippen LogP contribution in [0.1, 0.15) is 93.4 Å². The molecular weight excluding hydrogens is 358 g/mol. The van der Waals surface area contributed by atoms with Crippen molar-refractivity contribution in [1.82, 2.24) is 5.06 Å². The van der Waals surface area contributed by atoms with Gasteiger partial charge in [-0.15, -0.1) is 0 Å². The van der Waals surface area contributed by atoms with E-state index in [0.717, 1.165) is 31.7 Å². The summed E-state index contributed by atoms with van der Waals surface area (Å²) in [5, 5.41) is 2.24. The molecular formula is C21H45NO4Si. The summed E-state index contributed by atoms with van der Waals surface area (Å²) in [6, 6.07) is 0.821. The van der Waals surface area contributed by atoms with Gasteiger partial charge in [0.1, 0.15) is 0 Å². The fourth-order valence-electron chi connectivity index (χ4n) is 3.88. The Morgan fingerprint density at radius 3 is 1.59 bits per heavy atom. The van der Waals surface area contributed by atoms with Crippen molar-refractivity contribution in [2.45, 2.75) is 111 Å². The third kappa shape index (κ3) is 8.11. The van der Waals surface area contributed by atoms with E-state index in [4.69, 9.17) is 18.1 Å². The lowest BCUT2D eigenvalue weighted by Gasteiger charge is -2.51. The van der Waals surface area contributed by atoms with E-state index in [1.54, 1.807) is 0 Å².